The average molecular weight is 276 g/mol. The highest BCUT2D eigenvalue weighted by molar-refractivity contribution is 5.19. The molecule has 1 fully saturated rings. The van der Waals surface area contributed by atoms with E-state index in [1.165, 1.54) is 12.0 Å². The third-order valence-corrected chi connectivity index (χ3v) is 4.62. The summed E-state index contributed by atoms with van der Waals surface area (Å²) in [4.78, 5) is 2.50. The van der Waals surface area contributed by atoms with Crippen LogP contribution in [0.15, 0.2) is 30.3 Å². The fourth-order valence-electron chi connectivity index (χ4n) is 3.10. The summed E-state index contributed by atoms with van der Waals surface area (Å²) in [6.07, 6.45) is 1.58. The Bertz CT molecular complexity index is 395. The van der Waals surface area contributed by atoms with Gasteiger partial charge in [0.15, 0.2) is 0 Å². The Morgan fingerprint density at radius 3 is 2.70 bits per heavy atom. The lowest BCUT2D eigenvalue weighted by Crippen LogP contribution is -2.46. The number of hydrogen-bond donors (Lipinski definition) is 1. The summed E-state index contributed by atoms with van der Waals surface area (Å²) in [5, 5.41) is 0. The van der Waals surface area contributed by atoms with Crippen molar-refractivity contribution in [3.63, 3.8) is 0 Å². The molecule has 20 heavy (non-hydrogen) atoms. The van der Waals surface area contributed by atoms with Crippen molar-refractivity contribution in [3.8, 4) is 0 Å². The van der Waals surface area contributed by atoms with Crippen LogP contribution in [-0.2, 0) is 4.74 Å². The molecule has 1 aromatic rings. The minimum atomic E-state index is 0.108. The summed E-state index contributed by atoms with van der Waals surface area (Å²) in [6.45, 7) is 7.77. The lowest BCUT2D eigenvalue weighted by molar-refractivity contribution is -0.00954. The van der Waals surface area contributed by atoms with E-state index < -0.39 is 0 Å². The first-order valence-electron chi connectivity index (χ1n) is 7.67. The molecule has 0 spiro atoms. The smallest absolute Gasteiger partial charge is 0.0724 e. The van der Waals surface area contributed by atoms with Gasteiger partial charge in [-0.15, -0.1) is 0 Å². The normalized spacial score (nSPS) is 27.2. The van der Waals surface area contributed by atoms with E-state index in [2.05, 4.69) is 43.0 Å². The second-order valence-electron chi connectivity index (χ2n) is 6.21. The average Bonchev–Trinajstić information content (AvgIpc) is 2.49. The third-order valence-electron chi connectivity index (χ3n) is 4.62. The molecule has 2 rings (SSSR count). The van der Waals surface area contributed by atoms with Crippen molar-refractivity contribution in [2.24, 2.45) is 17.6 Å². The first kappa shape index (κ1) is 15.5. The molecule has 1 heterocycles. The van der Waals surface area contributed by atoms with Crippen LogP contribution >= 0.6 is 0 Å². The number of nitrogens with two attached hydrogens (primary N) is 1. The van der Waals surface area contributed by atoms with Crippen LogP contribution in [0.3, 0.4) is 0 Å². The highest BCUT2D eigenvalue weighted by atomic mass is 16.5. The van der Waals surface area contributed by atoms with E-state index in [0.717, 1.165) is 19.6 Å². The van der Waals surface area contributed by atoms with E-state index in [1.807, 2.05) is 13.2 Å². The summed E-state index contributed by atoms with van der Waals surface area (Å²) >= 11 is 0. The molecule has 112 valence electrons. The van der Waals surface area contributed by atoms with Gasteiger partial charge in [-0.05, 0) is 30.4 Å². The number of likely N-dealkylation sites (tertiary alicyclic amines) is 1. The van der Waals surface area contributed by atoms with Crippen LogP contribution in [0.1, 0.15) is 31.9 Å². The van der Waals surface area contributed by atoms with Crippen LogP contribution in [0, 0.1) is 11.8 Å². The fraction of sp³-hybridized carbons (Fsp3) is 0.647. The van der Waals surface area contributed by atoms with Crippen LogP contribution in [0.4, 0.5) is 0 Å². The van der Waals surface area contributed by atoms with Crippen LogP contribution < -0.4 is 5.73 Å². The number of hydrogen-bond acceptors (Lipinski definition) is 3. The van der Waals surface area contributed by atoms with Crippen LogP contribution in [0.25, 0.3) is 0 Å². The predicted octanol–water partition coefficient (Wildman–Crippen LogP) is 2.68. The molecule has 4 unspecified atom stereocenters. The third kappa shape index (κ3) is 3.81. The van der Waals surface area contributed by atoms with Crippen molar-refractivity contribution < 1.29 is 4.74 Å². The molecule has 1 aromatic carbocycles. The Morgan fingerprint density at radius 1 is 1.35 bits per heavy atom. The number of benzene rings is 1. The number of methoxy groups -OCH3 is 1. The fourth-order valence-corrected chi connectivity index (χ4v) is 3.10. The number of rotatable bonds is 5. The van der Waals surface area contributed by atoms with Crippen molar-refractivity contribution in [2.75, 3.05) is 26.7 Å². The Hall–Kier alpha value is -0.900. The van der Waals surface area contributed by atoms with E-state index >= 15 is 0 Å². The highest BCUT2D eigenvalue weighted by Crippen LogP contribution is 2.24. The number of piperidine rings is 1. The Kier molecular flexibility index (Phi) is 5.58. The molecule has 4 atom stereocenters. The number of ether oxygens (including phenoxy) is 1. The summed E-state index contributed by atoms with van der Waals surface area (Å²) in [6, 6.07) is 10.5. The molecule has 2 N–H and O–H groups in total. The highest BCUT2D eigenvalue weighted by Gasteiger charge is 2.27. The standard InChI is InChI=1S/C17H28N2O/c1-13-9-10-19(12-16(13)20-3)11-14(2)17(18)15-7-5-4-6-8-15/h4-8,13-14,16-17H,9-12,18H2,1-3H3. The molecule has 0 bridgehead atoms. The molecule has 3 heteroatoms. The Morgan fingerprint density at radius 2 is 2.05 bits per heavy atom. The zero-order valence-electron chi connectivity index (χ0n) is 13.0. The first-order valence-corrected chi connectivity index (χ1v) is 7.67. The van der Waals surface area contributed by atoms with Crippen molar-refractivity contribution >= 4 is 0 Å². The summed E-state index contributed by atoms with van der Waals surface area (Å²) in [5.41, 5.74) is 7.62. The summed E-state index contributed by atoms with van der Waals surface area (Å²) in [5.74, 6) is 1.11. The minimum absolute atomic E-state index is 0.108. The maximum absolute atomic E-state index is 6.39. The van der Waals surface area contributed by atoms with Crippen LogP contribution in [-0.4, -0.2) is 37.7 Å². The molecular weight excluding hydrogens is 248 g/mol. The van der Waals surface area contributed by atoms with Gasteiger partial charge in [0.1, 0.15) is 0 Å². The number of nitrogens with zero attached hydrogens (tertiary/aromatic N) is 1. The van der Waals surface area contributed by atoms with Gasteiger partial charge in [0.2, 0.25) is 0 Å². The molecule has 1 saturated heterocycles. The van der Waals surface area contributed by atoms with Crippen LogP contribution in [0.2, 0.25) is 0 Å². The molecule has 0 saturated carbocycles. The van der Waals surface area contributed by atoms with E-state index in [0.29, 0.717) is 17.9 Å². The van der Waals surface area contributed by atoms with Gasteiger partial charge >= 0.3 is 0 Å². The largest absolute Gasteiger partial charge is 0.380 e. The maximum Gasteiger partial charge on any atom is 0.0724 e. The van der Waals surface area contributed by atoms with Crippen molar-refractivity contribution in [2.45, 2.75) is 32.4 Å². The quantitative estimate of drug-likeness (QED) is 0.898. The van der Waals surface area contributed by atoms with Gasteiger partial charge in [-0.3, -0.25) is 0 Å². The molecule has 0 aliphatic carbocycles. The molecule has 1 aliphatic rings. The van der Waals surface area contributed by atoms with E-state index in [9.17, 15) is 0 Å². The van der Waals surface area contributed by atoms with E-state index in [-0.39, 0.29) is 6.04 Å². The van der Waals surface area contributed by atoms with Gasteiger partial charge in [0.25, 0.3) is 0 Å². The molecule has 0 amide bonds. The van der Waals surface area contributed by atoms with Gasteiger partial charge in [0.05, 0.1) is 6.10 Å². The van der Waals surface area contributed by atoms with Gasteiger partial charge in [-0.2, -0.15) is 0 Å². The van der Waals surface area contributed by atoms with Gasteiger partial charge < -0.3 is 15.4 Å². The van der Waals surface area contributed by atoms with Gasteiger partial charge in [-0.25, -0.2) is 0 Å². The Labute approximate surface area is 123 Å². The zero-order chi connectivity index (χ0) is 14.5. The molecular formula is C17H28N2O. The summed E-state index contributed by atoms with van der Waals surface area (Å²) in [7, 11) is 1.82. The first-order chi connectivity index (χ1) is 9.61. The predicted molar refractivity (Wildman–Crippen MR) is 83.6 cm³/mol. The molecule has 0 radical (unpaired) electrons. The molecule has 1 aliphatic heterocycles. The van der Waals surface area contributed by atoms with Gasteiger partial charge in [0, 0.05) is 26.2 Å². The second kappa shape index (κ2) is 7.21. The van der Waals surface area contributed by atoms with E-state index in [1.54, 1.807) is 0 Å². The molecule has 0 aromatic heterocycles. The lowest BCUT2D eigenvalue weighted by atomic mass is 9.92. The SMILES string of the molecule is COC1CN(CC(C)C(N)c2ccccc2)CCC1C. The monoisotopic (exact) mass is 276 g/mol. The van der Waals surface area contributed by atoms with Crippen molar-refractivity contribution in [3.05, 3.63) is 35.9 Å². The van der Waals surface area contributed by atoms with Gasteiger partial charge in [-0.1, -0.05) is 44.2 Å². The second-order valence-corrected chi connectivity index (χ2v) is 6.21. The summed E-state index contributed by atoms with van der Waals surface area (Å²) < 4.78 is 5.59. The Balaban J connectivity index is 1.89. The zero-order valence-corrected chi connectivity index (χ0v) is 13.0. The van der Waals surface area contributed by atoms with Crippen LogP contribution in [0.5, 0.6) is 0 Å². The van der Waals surface area contributed by atoms with Crippen molar-refractivity contribution in [1.29, 1.82) is 0 Å². The topological polar surface area (TPSA) is 38.5 Å². The van der Waals surface area contributed by atoms with E-state index in [4.69, 9.17) is 10.5 Å². The molecule has 3 nitrogen and oxygen atoms in total. The lowest BCUT2D eigenvalue weighted by Gasteiger charge is -2.38. The maximum atomic E-state index is 6.39. The minimum Gasteiger partial charge on any atom is -0.380 e. The van der Waals surface area contributed by atoms with Crippen molar-refractivity contribution in [1.82, 2.24) is 4.90 Å².